The first-order valence-corrected chi connectivity index (χ1v) is 12.4. The zero-order valence-electron chi connectivity index (χ0n) is 16.6. The normalized spacial score (nSPS) is 20.7. The summed E-state index contributed by atoms with van der Waals surface area (Å²) in [4.78, 5) is 13.5. The van der Waals surface area contributed by atoms with Crippen LogP contribution in [-0.2, 0) is 26.2 Å². The molecular formula is C22H21FN2O4S2. The molecule has 0 radical (unpaired) electrons. The molecule has 2 aliphatic heterocycles. The molecule has 0 N–H and O–H groups in total. The topological polar surface area (TPSA) is 66.9 Å². The summed E-state index contributed by atoms with van der Waals surface area (Å²) in [6.45, 7) is 0.867. The van der Waals surface area contributed by atoms with E-state index >= 15 is 0 Å². The number of halogens is 1. The Morgan fingerprint density at radius 2 is 1.87 bits per heavy atom. The number of thiophene rings is 1. The molecule has 1 aromatic heterocycles. The summed E-state index contributed by atoms with van der Waals surface area (Å²) in [7, 11) is -3.58. The van der Waals surface area contributed by atoms with Crippen molar-refractivity contribution >= 4 is 43.4 Å². The predicted octanol–water partition coefficient (Wildman–Crippen LogP) is 3.76. The smallest absolute Gasteiger partial charge is 0.252 e. The van der Waals surface area contributed by atoms with Crippen LogP contribution >= 0.6 is 11.3 Å². The van der Waals surface area contributed by atoms with Gasteiger partial charge in [0.15, 0.2) is 12.5 Å². The maximum atomic E-state index is 13.6. The number of benzene rings is 2. The first-order valence-electron chi connectivity index (χ1n) is 10.1. The number of fused-ring (bicyclic) bond motifs is 2. The number of hydrogen-bond acceptors (Lipinski definition) is 6. The van der Waals surface area contributed by atoms with Crippen LogP contribution in [0, 0.1) is 5.82 Å². The van der Waals surface area contributed by atoms with Crippen LogP contribution in [-0.4, -0.2) is 44.4 Å². The minimum Gasteiger partial charge on any atom is -0.346 e. The summed E-state index contributed by atoms with van der Waals surface area (Å²) < 4.78 is 48.5. The van der Waals surface area contributed by atoms with Crippen LogP contribution in [0.5, 0.6) is 0 Å². The lowest BCUT2D eigenvalue weighted by Crippen LogP contribution is -2.53. The number of carbonyl (C=O) groups excluding carboxylic acids is 1. The number of hydrogen-bond donors (Lipinski definition) is 0. The number of sulfonamides is 1. The summed E-state index contributed by atoms with van der Waals surface area (Å²) in [5, 5.41) is 0.920. The van der Waals surface area contributed by atoms with Crippen molar-refractivity contribution in [3.8, 4) is 0 Å². The molecule has 162 valence electrons. The second-order valence-electron chi connectivity index (χ2n) is 7.76. The number of ether oxygens (including phenoxy) is 1. The van der Waals surface area contributed by atoms with Gasteiger partial charge in [-0.1, -0.05) is 18.2 Å². The SMILES string of the molecule is O=CC1OCc2cc(F)ccc2N1C1CCN(S(=O)(=O)c2cc3ccccc3s2)CC1. The second kappa shape index (κ2) is 7.98. The Morgan fingerprint density at radius 3 is 2.61 bits per heavy atom. The molecule has 1 fully saturated rings. The number of anilines is 1. The molecule has 3 aromatic rings. The fraction of sp³-hybridized carbons (Fsp3) is 0.318. The zero-order chi connectivity index (χ0) is 21.6. The number of rotatable bonds is 4. The van der Waals surface area contributed by atoms with E-state index in [2.05, 4.69) is 0 Å². The maximum Gasteiger partial charge on any atom is 0.252 e. The fourth-order valence-corrected chi connectivity index (χ4v) is 7.42. The lowest BCUT2D eigenvalue weighted by Gasteiger charge is -2.44. The second-order valence-corrected chi connectivity index (χ2v) is 11.0. The van der Waals surface area contributed by atoms with E-state index in [0.29, 0.717) is 35.7 Å². The van der Waals surface area contributed by atoms with Crippen LogP contribution in [0.2, 0.25) is 0 Å². The minimum absolute atomic E-state index is 0.0754. The van der Waals surface area contributed by atoms with Gasteiger partial charge in [-0.05, 0) is 48.6 Å². The van der Waals surface area contributed by atoms with Crippen LogP contribution in [0.25, 0.3) is 10.1 Å². The lowest BCUT2D eigenvalue weighted by molar-refractivity contribution is -0.120. The lowest BCUT2D eigenvalue weighted by atomic mass is 10.0. The van der Waals surface area contributed by atoms with Gasteiger partial charge >= 0.3 is 0 Å². The van der Waals surface area contributed by atoms with E-state index in [-0.39, 0.29) is 18.5 Å². The van der Waals surface area contributed by atoms with E-state index in [1.165, 1.54) is 27.8 Å². The first kappa shape index (κ1) is 20.6. The Hall–Kier alpha value is -2.33. The average molecular weight is 461 g/mol. The van der Waals surface area contributed by atoms with Gasteiger partial charge in [0.05, 0.1) is 6.61 Å². The van der Waals surface area contributed by atoms with E-state index in [4.69, 9.17) is 4.74 Å². The van der Waals surface area contributed by atoms with Gasteiger partial charge in [0.25, 0.3) is 10.0 Å². The number of carbonyl (C=O) groups is 1. The molecule has 0 saturated carbocycles. The molecule has 1 atom stereocenters. The number of piperidine rings is 1. The standard InChI is InChI=1S/C22H21FN2O4S2/c23-17-5-6-19-16(11-17)14-29-21(13-26)25(19)18-7-9-24(10-8-18)31(27,28)22-12-15-3-1-2-4-20(15)30-22/h1-6,11-13,18,21H,7-10,14H2. The van der Waals surface area contributed by atoms with E-state index in [0.717, 1.165) is 22.1 Å². The third-order valence-corrected chi connectivity index (χ3v) is 9.40. The summed E-state index contributed by atoms with van der Waals surface area (Å²) >= 11 is 1.28. The van der Waals surface area contributed by atoms with Crippen molar-refractivity contribution in [1.29, 1.82) is 0 Å². The molecule has 6 nitrogen and oxygen atoms in total. The highest BCUT2D eigenvalue weighted by atomic mass is 32.2. The molecule has 1 unspecified atom stereocenters. The minimum atomic E-state index is -3.58. The summed E-state index contributed by atoms with van der Waals surface area (Å²) in [5.74, 6) is -0.351. The van der Waals surface area contributed by atoms with Crippen LogP contribution in [0.15, 0.2) is 52.7 Å². The quantitative estimate of drug-likeness (QED) is 0.555. The molecule has 0 bridgehead atoms. The molecular weight excluding hydrogens is 439 g/mol. The summed E-state index contributed by atoms with van der Waals surface area (Å²) in [6, 6.07) is 13.7. The largest absolute Gasteiger partial charge is 0.346 e. The van der Waals surface area contributed by atoms with E-state index < -0.39 is 16.3 Å². The van der Waals surface area contributed by atoms with Gasteiger partial charge in [0, 0.05) is 35.1 Å². The van der Waals surface area contributed by atoms with Gasteiger partial charge in [-0.2, -0.15) is 4.31 Å². The maximum absolute atomic E-state index is 13.6. The highest BCUT2D eigenvalue weighted by molar-refractivity contribution is 7.91. The summed E-state index contributed by atoms with van der Waals surface area (Å²) in [6.07, 6.45) is 1.09. The molecule has 2 aliphatic rings. The fourth-order valence-electron chi connectivity index (χ4n) is 4.40. The van der Waals surface area contributed by atoms with Crippen molar-refractivity contribution in [2.45, 2.75) is 35.9 Å². The van der Waals surface area contributed by atoms with Crippen molar-refractivity contribution < 1.29 is 22.3 Å². The van der Waals surface area contributed by atoms with Gasteiger partial charge in [-0.15, -0.1) is 11.3 Å². The highest BCUT2D eigenvalue weighted by Crippen LogP contribution is 2.36. The van der Waals surface area contributed by atoms with Gasteiger partial charge < -0.3 is 9.64 Å². The predicted molar refractivity (Wildman–Crippen MR) is 117 cm³/mol. The molecule has 9 heteroatoms. The van der Waals surface area contributed by atoms with E-state index in [9.17, 15) is 17.6 Å². The van der Waals surface area contributed by atoms with Gasteiger partial charge in [-0.3, -0.25) is 4.79 Å². The van der Waals surface area contributed by atoms with Gasteiger partial charge in [0.2, 0.25) is 0 Å². The molecule has 0 spiro atoms. The van der Waals surface area contributed by atoms with Crippen molar-refractivity contribution in [2.75, 3.05) is 18.0 Å². The van der Waals surface area contributed by atoms with Crippen LogP contribution in [0.1, 0.15) is 18.4 Å². The highest BCUT2D eigenvalue weighted by Gasteiger charge is 2.37. The number of aldehydes is 1. The van der Waals surface area contributed by atoms with Crippen molar-refractivity contribution in [2.24, 2.45) is 0 Å². The Morgan fingerprint density at radius 1 is 1.10 bits per heavy atom. The number of nitrogens with zero attached hydrogens (tertiary/aromatic N) is 2. The molecule has 0 aliphatic carbocycles. The first-order chi connectivity index (χ1) is 15.0. The van der Waals surface area contributed by atoms with Crippen molar-refractivity contribution in [1.82, 2.24) is 4.31 Å². The Kier molecular flexibility index (Phi) is 5.29. The van der Waals surface area contributed by atoms with Crippen molar-refractivity contribution in [3.05, 3.63) is 59.9 Å². The Bertz CT molecular complexity index is 1200. The molecule has 1 saturated heterocycles. The monoisotopic (exact) mass is 460 g/mol. The molecule has 31 heavy (non-hydrogen) atoms. The third kappa shape index (κ3) is 3.65. The van der Waals surface area contributed by atoms with E-state index in [1.807, 2.05) is 29.2 Å². The molecule has 3 heterocycles. The Labute approximate surface area is 183 Å². The van der Waals surface area contributed by atoms with Gasteiger partial charge in [0.1, 0.15) is 10.0 Å². The van der Waals surface area contributed by atoms with E-state index in [1.54, 1.807) is 12.1 Å². The van der Waals surface area contributed by atoms with Crippen LogP contribution in [0.3, 0.4) is 0 Å². The zero-order valence-corrected chi connectivity index (χ0v) is 18.2. The average Bonchev–Trinajstić information content (AvgIpc) is 3.23. The molecule has 5 rings (SSSR count). The van der Waals surface area contributed by atoms with Gasteiger partial charge in [-0.25, -0.2) is 12.8 Å². The Balaban J connectivity index is 1.37. The van der Waals surface area contributed by atoms with Crippen LogP contribution in [0.4, 0.5) is 10.1 Å². The molecule has 0 amide bonds. The summed E-state index contributed by atoms with van der Waals surface area (Å²) in [5.41, 5.74) is 1.47. The molecule has 2 aromatic carbocycles. The third-order valence-electron chi connectivity index (χ3n) is 5.93. The van der Waals surface area contributed by atoms with Crippen LogP contribution < -0.4 is 4.90 Å². The van der Waals surface area contributed by atoms with Crippen molar-refractivity contribution in [3.63, 3.8) is 0 Å².